The van der Waals surface area contributed by atoms with Gasteiger partial charge in [-0.1, -0.05) is 48.0 Å². The van der Waals surface area contributed by atoms with Crippen LogP contribution >= 0.6 is 0 Å². The summed E-state index contributed by atoms with van der Waals surface area (Å²) in [5.74, 6) is 1.14. The summed E-state index contributed by atoms with van der Waals surface area (Å²) in [6.07, 6.45) is 5.34. The highest BCUT2D eigenvalue weighted by Gasteiger charge is 2.16. The van der Waals surface area contributed by atoms with Gasteiger partial charge in [-0.2, -0.15) is 0 Å². The van der Waals surface area contributed by atoms with Crippen LogP contribution in [-0.4, -0.2) is 49.7 Å². The molecule has 0 bridgehead atoms. The van der Waals surface area contributed by atoms with E-state index in [2.05, 4.69) is 76.5 Å². The maximum Gasteiger partial charge on any atom is 0.133 e. The Kier molecular flexibility index (Phi) is 6.81. The molecule has 26 heavy (non-hydrogen) atoms. The predicted molar refractivity (Wildman–Crippen MR) is 110 cm³/mol. The zero-order valence-corrected chi connectivity index (χ0v) is 16.0. The van der Waals surface area contributed by atoms with Gasteiger partial charge in [-0.05, 0) is 38.6 Å². The van der Waals surface area contributed by atoms with Gasteiger partial charge < -0.3 is 15.1 Å². The Morgan fingerprint density at radius 1 is 1.08 bits per heavy atom. The third kappa shape index (κ3) is 5.41. The number of anilines is 1. The summed E-state index contributed by atoms with van der Waals surface area (Å²) in [5, 5.41) is 3.58. The third-order valence-corrected chi connectivity index (χ3v) is 4.82. The van der Waals surface area contributed by atoms with Crippen molar-refractivity contribution < 1.29 is 0 Å². The van der Waals surface area contributed by atoms with Crippen molar-refractivity contribution in [2.45, 2.75) is 19.9 Å². The van der Waals surface area contributed by atoms with Crippen molar-refractivity contribution in [3.63, 3.8) is 0 Å². The minimum atomic E-state index is 0.843. The third-order valence-electron chi connectivity index (χ3n) is 4.82. The second kappa shape index (κ2) is 9.51. The highest BCUT2D eigenvalue weighted by atomic mass is 15.2. The standard InChI is InChI=1S/C22H30N4/c1-19(16-20-8-4-3-5-9-20)17-23-18-21-10-6-11-24-22(21)26-13-7-12-25(2)14-15-26/h3-6,8-11,16,23H,7,12-15,17-18H2,1-2H3/b19-16+. The van der Waals surface area contributed by atoms with E-state index >= 15 is 0 Å². The van der Waals surface area contributed by atoms with Crippen molar-refractivity contribution in [3.8, 4) is 0 Å². The molecule has 1 N–H and O–H groups in total. The van der Waals surface area contributed by atoms with Crippen LogP contribution in [0.4, 0.5) is 5.82 Å². The van der Waals surface area contributed by atoms with Crippen LogP contribution in [0, 0.1) is 0 Å². The van der Waals surface area contributed by atoms with Crippen molar-refractivity contribution >= 4 is 11.9 Å². The molecular weight excluding hydrogens is 320 g/mol. The first-order valence-corrected chi connectivity index (χ1v) is 9.53. The van der Waals surface area contributed by atoms with E-state index < -0.39 is 0 Å². The molecule has 0 saturated carbocycles. The number of pyridine rings is 1. The average Bonchev–Trinajstić information content (AvgIpc) is 2.87. The van der Waals surface area contributed by atoms with Crippen molar-refractivity contribution in [2.24, 2.45) is 0 Å². The highest BCUT2D eigenvalue weighted by Crippen LogP contribution is 2.19. The van der Waals surface area contributed by atoms with Gasteiger partial charge in [0.15, 0.2) is 0 Å². The van der Waals surface area contributed by atoms with Crippen molar-refractivity contribution in [2.75, 3.05) is 44.7 Å². The molecule has 4 nitrogen and oxygen atoms in total. The van der Waals surface area contributed by atoms with Gasteiger partial charge >= 0.3 is 0 Å². The number of aromatic nitrogens is 1. The lowest BCUT2D eigenvalue weighted by Gasteiger charge is -2.24. The van der Waals surface area contributed by atoms with E-state index in [0.29, 0.717) is 0 Å². The lowest BCUT2D eigenvalue weighted by Crippen LogP contribution is -2.30. The quantitative estimate of drug-likeness (QED) is 0.865. The molecule has 2 heterocycles. The van der Waals surface area contributed by atoms with Crippen LogP contribution in [0.1, 0.15) is 24.5 Å². The first-order chi connectivity index (χ1) is 12.7. The number of nitrogens with one attached hydrogen (secondary N) is 1. The fourth-order valence-electron chi connectivity index (χ4n) is 3.39. The Hall–Kier alpha value is -2.17. The zero-order chi connectivity index (χ0) is 18.2. The van der Waals surface area contributed by atoms with E-state index in [1.807, 2.05) is 12.3 Å². The van der Waals surface area contributed by atoms with E-state index in [4.69, 9.17) is 0 Å². The smallest absolute Gasteiger partial charge is 0.133 e. The average molecular weight is 351 g/mol. The van der Waals surface area contributed by atoms with Gasteiger partial charge in [-0.15, -0.1) is 0 Å². The fraction of sp³-hybridized carbons (Fsp3) is 0.409. The molecular formula is C22H30N4. The maximum absolute atomic E-state index is 4.69. The van der Waals surface area contributed by atoms with Gasteiger partial charge in [-0.25, -0.2) is 4.98 Å². The van der Waals surface area contributed by atoms with Crippen LogP contribution in [0.2, 0.25) is 0 Å². The molecule has 1 saturated heterocycles. The molecule has 0 aliphatic carbocycles. The van der Waals surface area contributed by atoms with Crippen molar-refractivity contribution in [3.05, 3.63) is 65.4 Å². The molecule has 0 spiro atoms. The number of nitrogens with zero attached hydrogens (tertiary/aromatic N) is 3. The SMILES string of the molecule is C/C(=C\c1ccccc1)CNCc1cccnc1N1CCCN(C)CC1. The molecule has 3 rings (SSSR count). The first-order valence-electron chi connectivity index (χ1n) is 9.53. The lowest BCUT2D eigenvalue weighted by molar-refractivity contribution is 0.360. The van der Waals surface area contributed by atoms with E-state index in [0.717, 1.165) is 38.5 Å². The molecule has 1 fully saturated rings. The molecule has 2 aromatic rings. The van der Waals surface area contributed by atoms with Gasteiger partial charge in [0.1, 0.15) is 5.82 Å². The van der Waals surface area contributed by atoms with Crippen LogP contribution in [0.25, 0.3) is 6.08 Å². The Morgan fingerprint density at radius 2 is 1.92 bits per heavy atom. The van der Waals surface area contributed by atoms with E-state index in [1.54, 1.807) is 0 Å². The molecule has 0 unspecified atom stereocenters. The molecule has 4 heteroatoms. The molecule has 138 valence electrons. The number of hydrogen-bond donors (Lipinski definition) is 1. The van der Waals surface area contributed by atoms with Gasteiger partial charge in [-0.3, -0.25) is 0 Å². The van der Waals surface area contributed by atoms with Crippen molar-refractivity contribution in [1.29, 1.82) is 0 Å². The summed E-state index contributed by atoms with van der Waals surface area (Å²) in [4.78, 5) is 9.53. The summed E-state index contributed by atoms with van der Waals surface area (Å²) >= 11 is 0. The van der Waals surface area contributed by atoms with Gasteiger partial charge in [0.05, 0.1) is 0 Å². The zero-order valence-electron chi connectivity index (χ0n) is 16.0. The Morgan fingerprint density at radius 3 is 2.77 bits per heavy atom. The number of benzene rings is 1. The van der Waals surface area contributed by atoms with E-state index in [9.17, 15) is 0 Å². The summed E-state index contributed by atoms with van der Waals surface area (Å²) in [7, 11) is 2.20. The molecule has 0 atom stereocenters. The number of rotatable bonds is 6. The predicted octanol–water partition coefficient (Wildman–Crippen LogP) is 3.42. The molecule has 1 aliphatic heterocycles. The molecule has 0 amide bonds. The van der Waals surface area contributed by atoms with Crippen LogP contribution in [0.15, 0.2) is 54.2 Å². The lowest BCUT2D eigenvalue weighted by atomic mass is 10.1. The van der Waals surface area contributed by atoms with Gasteiger partial charge in [0.2, 0.25) is 0 Å². The van der Waals surface area contributed by atoms with Crippen LogP contribution < -0.4 is 10.2 Å². The molecule has 1 aliphatic rings. The van der Waals surface area contributed by atoms with Gasteiger partial charge in [0, 0.05) is 44.5 Å². The van der Waals surface area contributed by atoms with Crippen LogP contribution in [-0.2, 0) is 6.54 Å². The largest absolute Gasteiger partial charge is 0.355 e. The Balaban J connectivity index is 1.59. The topological polar surface area (TPSA) is 31.4 Å². The van der Waals surface area contributed by atoms with Gasteiger partial charge in [0.25, 0.3) is 0 Å². The number of likely N-dealkylation sites (N-methyl/N-ethyl adjacent to an activating group) is 1. The number of hydrogen-bond acceptors (Lipinski definition) is 4. The van der Waals surface area contributed by atoms with Crippen molar-refractivity contribution in [1.82, 2.24) is 15.2 Å². The highest BCUT2D eigenvalue weighted by molar-refractivity contribution is 5.52. The second-order valence-corrected chi connectivity index (χ2v) is 7.13. The Labute approximate surface area is 157 Å². The second-order valence-electron chi connectivity index (χ2n) is 7.13. The Bertz CT molecular complexity index is 711. The summed E-state index contributed by atoms with van der Waals surface area (Å²) in [5.41, 5.74) is 3.87. The minimum Gasteiger partial charge on any atom is -0.355 e. The fourth-order valence-corrected chi connectivity index (χ4v) is 3.39. The summed E-state index contributed by atoms with van der Waals surface area (Å²) in [6, 6.07) is 14.7. The molecule has 1 aromatic carbocycles. The minimum absolute atomic E-state index is 0.843. The maximum atomic E-state index is 4.69. The van der Waals surface area contributed by atoms with E-state index in [1.165, 1.54) is 29.7 Å². The normalized spacial score (nSPS) is 16.5. The summed E-state index contributed by atoms with van der Waals surface area (Å²) in [6.45, 7) is 8.30. The van der Waals surface area contributed by atoms with E-state index in [-0.39, 0.29) is 0 Å². The summed E-state index contributed by atoms with van der Waals surface area (Å²) < 4.78 is 0. The molecule has 1 aromatic heterocycles. The monoisotopic (exact) mass is 350 g/mol. The molecule has 0 radical (unpaired) electrons. The van der Waals surface area contributed by atoms with Crippen LogP contribution in [0.5, 0.6) is 0 Å². The van der Waals surface area contributed by atoms with Crippen LogP contribution in [0.3, 0.4) is 0 Å². The first kappa shape index (κ1) is 18.6.